The van der Waals surface area contributed by atoms with Gasteiger partial charge in [-0.15, -0.1) is 0 Å². The zero-order valence-electron chi connectivity index (χ0n) is 15.3. The Kier molecular flexibility index (Phi) is 7.03. The van der Waals surface area contributed by atoms with Crippen LogP contribution in [0.3, 0.4) is 0 Å². The van der Waals surface area contributed by atoms with Crippen molar-refractivity contribution < 1.29 is 14.3 Å². The first-order chi connectivity index (χ1) is 12.7. The summed E-state index contributed by atoms with van der Waals surface area (Å²) < 4.78 is 5.44. The largest absolute Gasteiger partial charge is 0.381 e. The molecule has 0 unspecified atom stereocenters. The lowest BCUT2D eigenvalue weighted by molar-refractivity contribution is -0.139. The van der Waals surface area contributed by atoms with Gasteiger partial charge in [0.1, 0.15) is 0 Å². The molecule has 142 valence electrons. The molecule has 2 fully saturated rings. The Morgan fingerprint density at radius 3 is 2.31 bits per heavy atom. The normalized spacial score (nSPS) is 19.8. The molecule has 6 nitrogen and oxygen atoms in total. The van der Waals surface area contributed by atoms with Crippen LogP contribution in [0, 0.1) is 5.92 Å². The van der Waals surface area contributed by atoms with Crippen LogP contribution in [-0.4, -0.2) is 55.6 Å². The summed E-state index contributed by atoms with van der Waals surface area (Å²) >= 11 is 0. The fraction of sp³-hybridized carbons (Fsp3) is 0.600. The van der Waals surface area contributed by atoms with Crippen molar-refractivity contribution in [3.05, 3.63) is 35.9 Å². The average molecular weight is 359 g/mol. The van der Waals surface area contributed by atoms with E-state index in [-0.39, 0.29) is 0 Å². The predicted molar refractivity (Wildman–Crippen MR) is 99.4 cm³/mol. The van der Waals surface area contributed by atoms with Crippen molar-refractivity contribution in [2.45, 2.75) is 38.3 Å². The number of amides is 2. The second-order valence-corrected chi connectivity index (χ2v) is 7.20. The third-order valence-electron chi connectivity index (χ3n) is 5.41. The summed E-state index contributed by atoms with van der Waals surface area (Å²) in [5, 5.41) is 5.46. The first-order valence-electron chi connectivity index (χ1n) is 9.64. The molecular weight excluding hydrogens is 330 g/mol. The molecule has 2 saturated heterocycles. The molecule has 0 saturated carbocycles. The molecule has 1 aromatic carbocycles. The van der Waals surface area contributed by atoms with E-state index in [1.54, 1.807) is 0 Å². The van der Waals surface area contributed by atoms with Gasteiger partial charge in [0.25, 0.3) is 0 Å². The maximum absolute atomic E-state index is 12.0. The molecule has 0 aromatic heterocycles. The van der Waals surface area contributed by atoms with E-state index in [0.717, 1.165) is 57.6 Å². The smallest absolute Gasteiger partial charge is 0.309 e. The molecule has 0 bridgehead atoms. The van der Waals surface area contributed by atoms with Gasteiger partial charge in [-0.3, -0.25) is 9.59 Å². The summed E-state index contributed by atoms with van der Waals surface area (Å²) in [6, 6.07) is 10.2. The standard InChI is InChI=1S/C20H29N3O3/c24-19(21-14-16-4-2-1-3-5-16)20(25)22-15-17-6-10-23(11-7-17)18-8-12-26-13-9-18/h1-5,17-18H,6-15H2,(H,21,24)(H,22,25). The van der Waals surface area contributed by atoms with Gasteiger partial charge in [-0.1, -0.05) is 30.3 Å². The van der Waals surface area contributed by atoms with Gasteiger partial charge >= 0.3 is 11.8 Å². The van der Waals surface area contributed by atoms with Gasteiger partial charge in [0.2, 0.25) is 0 Å². The fourth-order valence-corrected chi connectivity index (χ4v) is 3.75. The van der Waals surface area contributed by atoms with Crippen LogP contribution in [0.2, 0.25) is 0 Å². The maximum Gasteiger partial charge on any atom is 0.309 e. The SMILES string of the molecule is O=C(NCc1ccccc1)C(=O)NCC1CCN(C2CCOCC2)CC1. The number of benzene rings is 1. The monoisotopic (exact) mass is 359 g/mol. The Balaban J connectivity index is 1.32. The Bertz CT molecular complexity index is 579. The van der Waals surface area contributed by atoms with Crippen LogP contribution in [0.15, 0.2) is 30.3 Å². The summed E-state index contributed by atoms with van der Waals surface area (Å²) in [5.74, 6) is -0.641. The molecule has 1 aromatic rings. The number of likely N-dealkylation sites (tertiary alicyclic amines) is 1. The number of carbonyl (C=O) groups excluding carboxylic acids is 2. The zero-order chi connectivity index (χ0) is 18.2. The summed E-state index contributed by atoms with van der Waals surface area (Å²) in [7, 11) is 0. The number of carbonyl (C=O) groups is 2. The molecule has 0 aliphatic carbocycles. The Hall–Kier alpha value is -1.92. The predicted octanol–water partition coefficient (Wildman–Crippen LogP) is 1.31. The lowest BCUT2D eigenvalue weighted by Gasteiger charge is -2.39. The lowest BCUT2D eigenvalue weighted by atomic mass is 9.94. The van der Waals surface area contributed by atoms with E-state index in [0.29, 0.717) is 25.0 Å². The number of ether oxygens (including phenoxy) is 1. The summed E-state index contributed by atoms with van der Waals surface area (Å²) in [4.78, 5) is 26.4. The van der Waals surface area contributed by atoms with Crippen molar-refractivity contribution in [2.75, 3.05) is 32.8 Å². The van der Waals surface area contributed by atoms with Gasteiger partial charge in [0.05, 0.1) is 0 Å². The second kappa shape index (κ2) is 9.69. The number of hydrogen-bond acceptors (Lipinski definition) is 4. The lowest BCUT2D eigenvalue weighted by Crippen LogP contribution is -2.47. The molecule has 2 aliphatic rings. The quantitative estimate of drug-likeness (QED) is 0.778. The molecule has 2 aliphatic heterocycles. The molecule has 2 heterocycles. The average Bonchev–Trinajstić information content (AvgIpc) is 2.72. The van der Waals surface area contributed by atoms with Crippen LogP contribution in [0.1, 0.15) is 31.2 Å². The van der Waals surface area contributed by atoms with Crippen LogP contribution < -0.4 is 10.6 Å². The van der Waals surface area contributed by atoms with Crippen LogP contribution in [-0.2, 0) is 20.9 Å². The van der Waals surface area contributed by atoms with E-state index in [2.05, 4.69) is 15.5 Å². The molecule has 6 heteroatoms. The summed E-state index contributed by atoms with van der Waals surface area (Å²) in [5.41, 5.74) is 0.981. The van der Waals surface area contributed by atoms with Crippen LogP contribution in [0.4, 0.5) is 0 Å². The van der Waals surface area contributed by atoms with Crippen molar-refractivity contribution >= 4 is 11.8 Å². The minimum Gasteiger partial charge on any atom is -0.381 e. The maximum atomic E-state index is 12.0. The highest BCUT2D eigenvalue weighted by Crippen LogP contribution is 2.22. The molecule has 26 heavy (non-hydrogen) atoms. The molecule has 0 radical (unpaired) electrons. The number of piperidine rings is 1. The van der Waals surface area contributed by atoms with E-state index in [9.17, 15) is 9.59 Å². The topological polar surface area (TPSA) is 70.7 Å². The van der Waals surface area contributed by atoms with Crippen molar-refractivity contribution in [3.63, 3.8) is 0 Å². The van der Waals surface area contributed by atoms with E-state index in [1.165, 1.54) is 0 Å². The van der Waals surface area contributed by atoms with Crippen molar-refractivity contribution in [3.8, 4) is 0 Å². The zero-order valence-corrected chi connectivity index (χ0v) is 15.3. The minimum atomic E-state index is -0.562. The number of nitrogens with zero attached hydrogens (tertiary/aromatic N) is 1. The minimum absolute atomic E-state index is 0.372. The van der Waals surface area contributed by atoms with Gasteiger partial charge < -0.3 is 20.3 Å². The van der Waals surface area contributed by atoms with Crippen molar-refractivity contribution in [1.29, 1.82) is 0 Å². The Labute approximate surface area is 155 Å². The first-order valence-corrected chi connectivity index (χ1v) is 9.64. The van der Waals surface area contributed by atoms with Crippen LogP contribution in [0.5, 0.6) is 0 Å². The summed E-state index contributed by atoms with van der Waals surface area (Å²) in [6.07, 6.45) is 4.40. The number of nitrogens with one attached hydrogen (secondary N) is 2. The van der Waals surface area contributed by atoms with E-state index < -0.39 is 11.8 Å². The highest BCUT2D eigenvalue weighted by atomic mass is 16.5. The van der Waals surface area contributed by atoms with Gasteiger partial charge in [0, 0.05) is 32.3 Å². The highest BCUT2D eigenvalue weighted by molar-refractivity contribution is 6.35. The molecule has 2 N–H and O–H groups in total. The molecular formula is C20H29N3O3. The van der Waals surface area contributed by atoms with Crippen LogP contribution in [0.25, 0.3) is 0 Å². The number of rotatable bonds is 5. The van der Waals surface area contributed by atoms with Crippen molar-refractivity contribution in [2.24, 2.45) is 5.92 Å². The Morgan fingerprint density at radius 1 is 0.962 bits per heavy atom. The molecule has 3 rings (SSSR count). The fourth-order valence-electron chi connectivity index (χ4n) is 3.75. The Morgan fingerprint density at radius 2 is 1.62 bits per heavy atom. The van der Waals surface area contributed by atoms with Gasteiger partial charge in [-0.2, -0.15) is 0 Å². The van der Waals surface area contributed by atoms with Gasteiger partial charge in [0.15, 0.2) is 0 Å². The van der Waals surface area contributed by atoms with E-state index in [1.807, 2.05) is 30.3 Å². The van der Waals surface area contributed by atoms with E-state index in [4.69, 9.17) is 4.74 Å². The highest BCUT2D eigenvalue weighted by Gasteiger charge is 2.27. The molecule has 0 atom stereocenters. The third kappa shape index (κ3) is 5.54. The number of hydrogen-bond donors (Lipinski definition) is 2. The van der Waals surface area contributed by atoms with Crippen LogP contribution >= 0.6 is 0 Å². The first kappa shape index (κ1) is 18.9. The third-order valence-corrected chi connectivity index (χ3v) is 5.41. The molecule has 0 spiro atoms. The second-order valence-electron chi connectivity index (χ2n) is 7.20. The van der Waals surface area contributed by atoms with Gasteiger partial charge in [-0.05, 0) is 50.3 Å². The van der Waals surface area contributed by atoms with E-state index >= 15 is 0 Å². The van der Waals surface area contributed by atoms with Crippen molar-refractivity contribution in [1.82, 2.24) is 15.5 Å². The molecule has 2 amide bonds. The summed E-state index contributed by atoms with van der Waals surface area (Å²) in [6.45, 7) is 4.85. The van der Waals surface area contributed by atoms with Gasteiger partial charge in [-0.25, -0.2) is 0 Å².